The summed E-state index contributed by atoms with van der Waals surface area (Å²) in [6.07, 6.45) is 7.84. The number of likely N-dealkylation sites (tertiary alicyclic amines) is 1. The quantitative estimate of drug-likeness (QED) is 0.906. The van der Waals surface area contributed by atoms with Crippen LogP contribution in [0.5, 0.6) is 0 Å². The number of rotatable bonds is 2. The fourth-order valence-electron chi connectivity index (χ4n) is 3.21. The Morgan fingerprint density at radius 2 is 1.91 bits per heavy atom. The highest BCUT2D eigenvalue weighted by Crippen LogP contribution is 2.18. The van der Waals surface area contributed by atoms with E-state index in [4.69, 9.17) is 0 Å². The normalized spacial score (nSPS) is 23.4. The molecule has 22 heavy (non-hydrogen) atoms. The molecule has 1 atom stereocenters. The summed E-state index contributed by atoms with van der Waals surface area (Å²) < 4.78 is 0. The summed E-state index contributed by atoms with van der Waals surface area (Å²) in [4.78, 5) is 25.1. The average Bonchev–Trinajstić information content (AvgIpc) is 2.56. The summed E-state index contributed by atoms with van der Waals surface area (Å²) in [6, 6.07) is 2.10. The molecule has 3 heterocycles. The molecule has 0 unspecified atom stereocenters. The van der Waals surface area contributed by atoms with Crippen LogP contribution in [0.3, 0.4) is 0 Å². The van der Waals surface area contributed by atoms with Crippen molar-refractivity contribution in [1.29, 1.82) is 0 Å². The summed E-state index contributed by atoms with van der Waals surface area (Å²) in [5.74, 6) is 1.50. The standard InChI is InChI=1S/C16H25N5O/c1-13-5-10-20(11-6-13)16(22)19-14-4-2-9-21(12-14)15-17-7-3-8-18-15/h3,7-8,13-14H,2,4-6,9-12H2,1H3,(H,19,22)/t14-/m1/s1. The van der Waals surface area contributed by atoms with Crippen molar-refractivity contribution in [3.05, 3.63) is 18.5 Å². The third-order valence-corrected chi connectivity index (χ3v) is 4.65. The maximum Gasteiger partial charge on any atom is 0.317 e. The molecular weight excluding hydrogens is 278 g/mol. The molecule has 1 aromatic rings. The molecule has 120 valence electrons. The van der Waals surface area contributed by atoms with E-state index in [9.17, 15) is 4.79 Å². The molecule has 0 radical (unpaired) electrons. The summed E-state index contributed by atoms with van der Waals surface area (Å²) >= 11 is 0. The van der Waals surface area contributed by atoms with E-state index in [0.717, 1.165) is 63.7 Å². The van der Waals surface area contributed by atoms with Gasteiger partial charge in [-0.25, -0.2) is 14.8 Å². The number of aromatic nitrogens is 2. The van der Waals surface area contributed by atoms with Crippen LogP contribution < -0.4 is 10.2 Å². The monoisotopic (exact) mass is 303 g/mol. The molecule has 1 aromatic heterocycles. The second kappa shape index (κ2) is 6.94. The Morgan fingerprint density at radius 1 is 1.18 bits per heavy atom. The van der Waals surface area contributed by atoms with Gasteiger partial charge in [0.1, 0.15) is 0 Å². The van der Waals surface area contributed by atoms with Crippen molar-refractivity contribution < 1.29 is 4.79 Å². The van der Waals surface area contributed by atoms with Gasteiger partial charge in [-0.1, -0.05) is 6.92 Å². The van der Waals surface area contributed by atoms with E-state index in [0.29, 0.717) is 0 Å². The molecule has 0 spiro atoms. The first-order valence-electron chi connectivity index (χ1n) is 8.30. The predicted molar refractivity (Wildman–Crippen MR) is 85.8 cm³/mol. The van der Waals surface area contributed by atoms with Gasteiger partial charge in [-0.2, -0.15) is 0 Å². The van der Waals surface area contributed by atoms with E-state index in [2.05, 4.69) is 27.1 Å². The summed E-state index contributed by atoms with van der Waals surface area (Å²) in [7, 11) is 0. The van der Waals surface area contributed by atoms with Gasteiger partial charge in [0.25, 0.3) is 0 Å². The highest BCUT2D eigenvalue weighted by atomic mass is 16.2. The summed E-state index contributed by atoms with van der Waals surface area (Å²) in [6.45, 7) is 5.77. The molecule has 6 heteroatoms. The molecular formula is C16H25N5O. The Bertz CT molecular complexity index is 487. The number of anilines is 1. The lowest BCUT2D eigenvalue weighted by atomic mass is 9.99. The number of piperidine rings is 2. The lowest BCUT2D eigenvalue weighted by Crippen LogP contribution is -2.53. The van der Waals surface area contributed by atoms with Crippen LogP contribution in [-0.2, 0) is 0 Å². The second-order valence-corrected chi connectivity index (χ2v) is 6.45. The van der Waals surface area contributed by atoms with E-state index in [1.54, 1.807) is 12.4 Å². The van der Waals surface area contributed by atoms with Gasteiger partial charge in [-0.15, -0.1) is 0 Å². The molecule has 0 saturated carbocycles. The topological polar surface area (TPSA) is 61.4 Å². The van der Waals surface area contributed by atoms with Gasteiger partial charge in [-0.05, 0) is 37.7 Å². The maximum absolute atomic E-state index is 12.4. The molecule has 1 N–H and O–H groups in total. The van der Waals surface area contributed by atoms with Crippen molar-refractivity contribution in [2.75, 3.05) is 31.1 Å². The highest BCUT2D eigenvalue weighted by Gasteiger charge is 2.26. The van der Waals surface area contributed by atoms with Crippen molar-refractivity contribution in [1.82, 2.24) is 20.2 Å². The Hall–Kier alpha value is -1.85. The van der Waals surface area contributed by atoms with Crippen LogP contribution in [0.25, 0.3) is 0 Å². The number of amides is 2. The maximum atomic E-state index is 12.4. The number of urea groups is 1. The molecule has 2 amide bonds. The van der Waals surface area contributed by atoms with Gasteiger partial charge >= 0.3 is 6.03 Å². The second-order valence-electron chi connectivity index (χ2n) is 6.45. The van der Waals surface area contributed by atoms with Crippen LogP contribution in [0.1, 0.15) is 32.6 Å². The molecule has 2 fully saturated rings. The number of carbonyl (C=O) groups excluding carboxylic acids is 1. The van der Waals surface area contributed by atoms with Crippen LogP contribution in [0.15, 0.2) is 18.5 Å². The van der Waals surface area contributed by atoms with E-state index in [-0.39, 0.29) is 12.1 Å². The van der Waals surface area contributed by atoms with Gasteiger partial charge in [0.15, 0.2) is 0 Å². The average molecular weight is 303 g/mol. The van der Waals surface area contributed by atoms with Gasteiger partial charge in [0.2, 0.25) is 5.95 Å². The predicted octanol–water partition coefficient (Wildman–Crippen LogP) is 1.89. The Kier molecular flexibility index (Phi) is 4.75. The molecule has 3 rings (SSSR count). The number of nitrogens with zero attached hydrogens (tertiary/aromatic N) is 4. The summed E-state index contributed by atoms with van der Waals surface area (Å²) in [5, 5.41) is 3.19. The van der Waals surface area contributed by atoms with Crippen LogP contribution >= 0.6 is 0 Å². The van der Waals surface area contributed by atoms with Gasteiger partial charge < -0.3 is 15.1 Å². The van der Waals surface area contributed by atoms with Crippen molar-refractivity contribution in [2.45, 2.75) is 38.6 Å². The first-order chi connectivity index (χ1) is 10.7. The lowest BCUT2D eigenvalue weighted by molar-refractivity contribution is 0.169. The molecule has 6 nitrogen and oxygen atoms in total. The summed E-state index contributed by atoms with van der Waals surface area (Å²) in [5.41, 5.74) is 0. The van der Waals surface area contributed by atoms with E-state index in [1.807, 2.05) is 11.0 Å². The first kappa shape index (κ1) is 15.1. The number of carbonyl (C=O) groups is 1. The molecule has 0 aliphatic carbocycles. The minimum Gasteiger partial charge on any atom is -0.339 e. The van der Waals surface area contributed by atoms with Gasteiger partial charge in [-0.3, -0.25) is 0 Å². The number of nitrogens with one attached hydrogen (secondary N) is 1. The van der Waals surface area contributed by atoms with E-state index >= 15 is 0 Å². The Balaban J connectivity index is 1.53. The van der Waals surface area contributed by atoms with Crippen LogP contribution in [0.2, 0.25) is 0 Å². The molecule has 0 aromatic carbocycles. The third kappa shape index (κ3) is 3.67. The highest BCUT2D eigenvalue weighted by molar-refractivity contribution is 5.74. The van der Waals surface area contributed by atoms with Gasteiger partial charge in [0.05, 0.1) is 0 Å². The zero-order valence-electron chi connectivity index (χ0n) is 13.2. The Morgan fingerprint density at radius 3 is 2.64 bits per heavy atom. The van der Waals surface area contributed by atoms with Gasteiger partial charge in [0, 0.05) is 44.6 Å². The smallest absolute Gasteiger partial charge is 0.317 e. The van der Waals surface area contributed by atoms with Crippen LogP contribution in [-0.4, -0.2) is 53.1 Å². The molecule has 0 bridgehead atoms. The fourth-order valence-corrected chi connectivity index (χ4v) is 3.21. The minimum atomic E-state index is 0.0905. The Labute approximate surface area is 131 Å². The fraction of sp³-hybridized carbons (Fsp3) is 0.688. The lowest BCUT2D eigenvalue weighted by Gasteiger charge is -2.36. The zero-order valence-corrected chi connectivity index (χ0v) is 13.2. The minimum absolute atomic E-state index is 0.0905. The van der Waals surface area contributed by atoms with Crippen molar-refractivity contribution in [3.63, 3.8) is 0 Å². The number of hydrogen-bond donors (Lipinski definition) is 1. The third-order valence-electron chi connectivity index (χ3n) is 4.65. The van der Waals surface area contributed by atoms with Crippen LogP contribution in [0, 0.1) is 5.92 Å². The van der Waals surface area contributed by atoms with Crippen molar-refractivity contribution >= 4 is 12.0 Å². The molecule has 2 aliphatic rings. The van der Waals surface area contributed by atoms with E-state index in [1.165, 1.54) is 0 Å². The van der Waals surface area contributed by atoms with Crippen LogP contribution in [0.4, 0.5) is 10.7 Å². The molecule has 2 saturated heterocycles. The first-order valence-corrected chi connectivity index (χ1v) is 8.30. The van der Waals surface area contributed by atoms with E-state index < -0.39 is 0 Å². The van der Waals surface area contributed by atoms with Crippen molar-refractivity contribution in [2.24, 2.45) is 5.92 Å². The largest absolute Gasteiger partial charge is 0.339 e. The van der Waals surface area contributed by atoms with Crippen molar-refractivity contribution in [3.8, 4) is 0 Å². The number of hydrogen-bond acceptors (Lipinski definition) is 4. The zero-order chi connectivity index (χ0) is 15.4. The molecule has 2 aliphatic heterocycles. The SMILES string of the molecule is CC1CCN(C(=O)N[C@@H]2CCCN(c3ncccn3)C2)CC1.